The van der Waals surface area contributed by atoms with Gasteiger partial charge in [0, 0.05) is 6.20 Å². The van der Waals surface area contributed by atoms with E-state index in [-0.39, 0.29) is 6.10 Å². The smallest absolute Gasteiger partial charge is 0.168 e. The SMILES string of the molecule is c1ccc(C2CNc3ncccc3O2)cc1. The van der Waals surface area contributed by atoms with E-state index in [9.17, 15) is 0 Å². The number of benzene rings is 1. The molecule has 1 aliphatic rings. The van der Waals surface area contributed by atoms with E-state index in [2.05, 4.69) is 22.4 Å². The summed E-state index contributed by atoms with van der Waals surface area (Å²) in [6.45, 7) is 0.758. The van der Waals surface area contributed by atoms with Gasteiger partial charge in [0.25, 0.3) is 0 Å². The van der Waals surface area contributed by atoms with Crippen LogP contribution in [0.15, 0.2) is 48.7 Å². The zero-order chi connectivity index (χ0) is 10.8. The maximum atomic E-state index is 5.89. The molecule has 1 aromatic heterocycles. The van der Waals surface area contributed by atoms with Crippen molar-refractivity contribution in [3.8, 4) is 5.75 Å². The van der Waals surface area contributed by atoms with Crippen molar-refractivity contribution in [3.05, 3.63) is 54.2 Å². The number of ether oxygens (including phenoxy) is 1. The van der Waals surface area contributed by atoms with Gasteiger partial charge in [0.1, 0.15) is 6.10 Å². The first-order valence-electron chi connectivity index (χ1n) is 5.34. The summed E-state index contributed by atoms with van der Waals surface area (Å²) in [5, 5.41) is 3.28. The Morgan fingerprint density at radius 1 is 1.12 bits per heavy atom. The maximum Gasteiger partial charge on any atom is 0.168 e. The number of nitrogens with zero attached hydrogens (tertiary/aromatic N) is 1. The highest BCUT2D eigenvalue weighted by Gasteiger charge is 2.20. The number of anilines is 1. The van der Waals surface area contributed by atoms with Gasteiger partial charge in [0.2, 0.25) is 0 Å². The second-order valence-electron chi connectivity index (χ2n) is 3.75. The molecule has 0 fully saturated rings. The van der Waals surface area contributed by atoms with Crippen molar-refractivity contribution in [1.29, 1.82) is 0 Å². The average Bonchev–Trinajstić information content (AvgIpc) is 2.39. The molecule has 1 aromatic carbocycles. The number of rotatable bonds is 1. The number of aromatic nitrogens is 1. The minimum absolute atomic E-state index is 0.0675. The van der Waals surface area contributed by atoms with E-state index in [0.29, 0.717) is 0 Å². The van der Waals surface area contributed by atoms with Crippen molar-refractivity contribution in [2.75, 3.05) is 11.9 Å². The van der Waals surface area contributed by atoms with Crippen molar-refractivity contribution >= 4 is 5.82 Å². The molecule has 80 valence electrons. The van der Waals surface area contributed by atoms with Gasteiger partial charge in [-0.15, -0.1) is 0 Å². The van der Waals surface area contributed by atoms with E-state index in [1.165, 1.54) is 5.56 Å². The van der Waals surface area contributed by atoms with E-state index in [1.807, 2.05) is 30.3 Å². The summed E-state index contributed by atoms with van der Waals surface area (Å²) < 4.78 is 5.89. The average molecular weight is 212 g/mol. The predicted molar refractivity (Wildman–Crippen MR) is 62.5 cm³/mol. The molecule has 1 atom stereocenters. The Bertz CT molecular complexity index is 484. The molecule has 2 heterocycles. The molecule has 1 aliphatic heterocycles. The van der Waals surface area contributed by atoms with Crippen LogP contribution in [-0.4, -0.2) is 11.5 Å². The molecule has 3 rings (SSSR count). The number of hydrogen-bond donors (Lipinski definition) is 1. The Hall–Kier alpha value is -2.03. The standard InChI is InChI=1S/C13H12N2O/c1-2-5-10(6-3-1)12-9-15-13-11(16-12)7-4-8-14-13/h1-8,12H,9H2,(H,14,15). The molecule has 0 saturated heterocycles. The van der Waals surface area contributed by atoms with Crippen LogP contribution in [0.3, 0.4) is 0 Å². The van der Waals surface area contributed by atoms with Crippen LogP contribution in [0.1, 0.15) is 11.7 Å². The Morgan fingerprint density at radius 2 is 2.00 bits per heavy atom. The highest BCUT2D eigenvalue weighted by Crippen LogP contribution is 2.31. The lowest BCUT2D eigenvalue weighted by molar-refractivity contribution is 0.209. The fraction of sp³-hybridized carbons (Fsp3) is 0.154. The Labute approximate surface area is 94.1 Å². The largest absolute Gasteiger partial charge is 0.480 e. The third-order valence-electron chi connectivity index (χ3n) is 2.67. The number of pyridine rings is 1. The lowest BCUT2D eigenvalue weighted by Crippen LogP contribution is -2.24. The first kappa shape index (κ1) is 9.21. The second kappa shape index (κ2) is 3.85. The predicted octanol–water partition coefficient (Wildman–Crippen LogP) is 2.63. The van der Waals surface area contributed by atoms with Crippen molar-refractivity contribution in [2.24, 2.45) is 0 Å². The van der Waals surface area contributed by atoms with Crippen LogP contribution in [0.4, 0.5) is 5.82 Å². The van der Waals surface area contributed by atoms with Crippen molar-refractivity contribution in [3.63, 3.8) is 0 Å². The summed E-state index contributed by atoms with van der Waals surface area (Å²) in [4.78, 5) is 4.21. The molecule has 16 heavy (non-hydrogen) atoms. The molecule has 3 heteroatoms. The molecule has 0 saturated carbocycles. The summed E-state index contributed by atoms with van der Waals surface area (Å²) >= 11 is 0. The maximum absolute atomic E-state index is 5.89. The molecule has 2 aromatic rings. The highest BCUT2D eigenvalue weighted by atomic mass is 16.5. The van der Waals surface area contributed by atoms with Crippen LogP contribution >= 0.6 is 0 Å². The first-order chi connectivity index (χ1) is 7.93. The summed E-state index contributed by atoms with van der Waals surface area (Å²) in [7, 11) is 0. The lowest BCUT2D eigenvalue weighted by atomic mass is 10.1. The molecule has 0 radical (unpaired) electrons. The molecule has 1 N–H and O–H groups in total. The number of hydrogen-bond acceptors (Lipinski definition) is 3. The molecular formula is C13H12N2O. The molecular weight excluding hydrogens is 200 g/mol. The van der Waals surface area contributed by atoms with Crippen LogP contribution < -0.4 is 10.1 Å². The Morgan fingerprint density at radius 3 is 2.88 bits per heavy atom. The topological polar surface area (TPSA) is 34.2 Å². The van der Waals surface area contributed by atoms with Crippen LogP contribution in [-0.2, 0) is 0 Å². The quantitative estimate of drug-likeness (QED) is 0.789. The third kappa shape index (κ3) is 1.60. The highest BCUT2D eigenvalue weighted by molar-refractivity contribution is 5.51. The van der Waals surface area contributed by atoms with Gasteiger partial charge in [-0.2, -0.15) is 0 Å². The Balaban J connectivity index is 1.89. The van der Waals surface area contributed by atoms with E-state index >= 15 is 0 Å². The molecule has 1 unspecified atom stereocenters. The van der Waals surface area contributed by atoms with Crippen LogP contribution in [0.5, 0.6) is 5.75 Å². The molecule has 0 amide bonds. The first-order valence-corrected chi connectivity index (χ1v) is 5.34. The summed E-state index contributed by atoms with van der Waals surface area (Å²) in [5.74, 6) is 1.65. The molecule has 0 spiro atoms. The Kier molecular flexibility index (Phi) is 2.22. The number of fused-ring (bicyclic) bond motifs is 1. The van der Waals surface area contributed by atoms with E-state index < -0.39 is 0 Å². The zero-order valence-electron chi connectivity index (χ0n) is 8.76. The molecule has 0 bridgehead atoms. The van der Waals surface area contributed by atoms with Crippen molar-refractivity contribution in [2.45, 2.75) is 6.10 Å². The molecule has 0 aliphatic carbocycles. The van der Waals surface area contributed by atoms with Gasteiger partial charge in [0.05, 0.1) is 6.54 Å². The number of nitrogens with one attached hydrogen (secondary N) is 1. The van der Waals surface area contributed by atoms with Gasteiger partial charge in [0.15, 0.2) is 11.6 Å². The minimum atomic E-state index is 0.0675. The van der Waals surface area contributed by atoms with Gasteiger partial charge < -0.3 is 10.1 Å². The van der Waals surface area contributed by atoms with Gasteiger partial charge in [-0.05, 0) is 17.7 Å². The zero-order valence-corrected chi connectivity index (χ0v) is 8.76. The van der Waals surface area contributed by atoms with Gasteiger partial charge >= 0.3 is 0 Å². The summed E-state index contributed by atoms with van der Waals surface area (Å²) in [5.41, 5.74) is 1.18. The minimum Gasteiger partial charge on any atom is -0.480 e. The van der Waals surface area contributed by atoms with Gasteiger partial charge in [-0.25, -0.2) is 4.98 Å². The van der Waals surface area contributed by atoms with Gasteiger partial charge in [-0.3, -0.25) is 0 Å². The van der Waals surface area contributed by atoms with Crippen molar-refractivity contribution in [1.82, 2.24) is 4.98 Å². The van der Waals surface area contributed by atoms with E-state index in [4.69, 9.17) is 4.74 Å². The normalized spacial score (nSPS) is 18.1. The molecule has 3 nitrogen and oxygen atoms in total. The lowest BCUT2D eigenvalue weighted by Gasteiger charge is -2.26. The van der Waals surface area contributed by atoms with Crippen LogP contribution in [0, 0.1) is 0 Å². The summed E-state index contributed by atoms with van der Waals surface area (Å²) in [6.07, 6.45) is 1.83. The van der Waals surface area contributed by atoms with Crippen LogP contribution in [0.25, 0.3) is 0 Å². The van der Waals surface area contributed by atoms with Crippen LogP contribution in [0.2, 0.25) is 0 Å². The van der Waals surface area contributed by atoms with Crippen molar-refractivity contribution < 1.29 is 4.74 Å². The third-order valence-corrected chi connectivity index (χ3v) is 2.67. The van der Waals surface area contributed by atoms with Gasteiger partial charge in [-0.1, -0.05) is 30.3 Å². The van der Waals surface area contributed by atoms with E-state index in [0.717, 1.165) is 18.1 Å². The fourth-order valence-electron chi connectivity index (χ4n) is 1.86. The van der Waals surface area contributed by atoms with E-state index in [1.54, 1.807) is 6.20 Å². The summed E-state index contributed by atoms with van der Waals surface area (Å²) in [6, 6.07) is 14.0. The monoisotopic (exact) mass is 212 g/mol. The second-order valence-corrected chi connectivity index (χ2v) is 3.75. The fourth-order valence-corrected chi connectivity index (χ4v) is 1.86.